The van der Waals surface area contributed by atoms with Gasteiger partial charge >= 0.3 is 0 Å². The topological polar surface area (TPSA) is 98.3 Å². The maximum Gasteiger partial charge on any atom is 0.271 e. The van der Waals surface area contributed by atoms with Gasteiger partial charge in [0.15, 0.2) is 0 Å². The number of nitrogens with one attached hydrogen (secondary N) is 1. The fourth-order valence-electron chi connectivity index (χ4n) is 2.18. The molecule has 1 heterocycles. The molecule has 1 aromatic rings. The molecule has 2 rings (SSSR count). The summed E-state index contributed by atoms with van der Waals surface area (Å²) in [5.74, 6) is 2.23. The smallest absolute Gasteiger partial charge is 0.271 e. The average molecular weight is 330 g/mol. The van der Waals surface area contributed by atoms with Crippen LogP contribution in [-0.4, -0.2) is 28.9 Å². The SMILES string of the molecule is Nc1c(Cl)cc([N+](=O)[O-])cc1C(=O)NCC1CCSCC1. The maximum atomic E-state index is 12.2. The lowest BCUT2D eigenvalue weighted by atomic mass is 10.0. The van der Waals surface area contributed by atoms with E-state index in [2.05, 4.69) is 5.32 Å². The van der Waals surface area contributed by atoms with Crippen LogP contribution >= 0.6 is 23.4 Å². The van der Waals surface area contributed by atoms with Crippen molar-refractivity contribution in [3.05, 3.63) is 32.8 Å². The van der Waals surface area contributed by atoms with E-state index < -0.39 is 10.8 Å². The van der Waals surface area contributed by atoms with Gasteiger partial charge in [0.2, 0.25) is 0 Å². The predicted octanol–water partition coefficient (Wildman–Crippen LogP) is 2.70. The first-order chi connectivity index (χ1) is 9.99. The molecule has 0 aromatic heterocycles. The third-order valence-electron chi connectivity index (χ3n) is 3.46. The van der Waals surface area contributed by atoms with E-state index in [1.807, 2.05) is 11.8 Å². The number of nitro groups is 1. The summed E-state index contributed by atoms with van der Waals surface area (Å²) < 4.78 is 0. The zero-order chi connectivity index (χ0) is 15.4. The van der Waals surface area contributed by atoms with Crippen LogP contribution in [0.3, 0.4) is 0 Å². The maximum absolute atomic E-state index is 12.2. The molecular weight excluding hydrogens is 314 g/mol. The highest BCUT2D eigenvalue weighted by molar-refractivity contribution is 7.99. The molecule has 6 nitrogen and oxygen atoms in total. The molecule has 1 saturated heterocycles. The number of nitrogens with two attached hydrogens (primary N) is 1. The molecule has 1 fully saturated rings. The molecule has 8 heteroatoms. The Hall–Kier alpha value is -1.47. The molecule has 0 atom stereocenters. The van der Waals surface area contributed by atoms with Gasteiger partial charge in [-0.3, -0.25) is 14.9 Å². The van der Waals surface area contributed by atoms with Crippen molar-refractivity contribution < 1.29 is 9.72 Å². The Morgan fingerprint density at radius 3 is 2.76 bits per heavy atom. The molecule has 3 N–H and O–H groups in total. The van der Waals surface area contributed by atoms with Crippen molar-refractivity contribution >= 4 is 40.6 Å². The monoisotopic (exact) mass is 329 g/mol. The number of hydrogen-bond donors (Lipinski definition) is 2. The first-order valence-electron chi connectivity index (χ1n) is 6.58. The summed E-state index contributed by atoms with van der Waals surface area (Å²) >= 11 is 7.76. The number of carbonyl (C=O) groups excluding carboxylic acids is 1. The number of nitro benzene ring substituents is 1. The lowest BCUT2D eigenvalue weighted by Gasteiger charge is -2.21. The van der Waals surface area contributed by atoms with E-state index in [0.717, 1.165) is 36.5 Å². The van der Waals surface area contributed by atoms with E-state index >= 15 is 0 Å². The van der Waals surface area contributed by atoms with Gasteiger partial charge in [-0.1, -0.05) is 11.6 Å². The quantitative estimate of drug-likeness (QED) is 0.502. The van der Waals surface area contributed by atoms with Crippen molar-refractivity contribution in [1.82, 2.24) is 5.32 Å². The molecule has 0 bridgehead atoms. The van der Waals surface area contributed by atoms with Crippen LogP contribution in [0.2, 0.25) is 5.02 Å². The zero-order valence-corrected chi connectivity index (χ0v) is 12.9. The molecule has 0 saturated carbocycles. The molecule has 0 unspecified atom stereocenters. The van der Waals surface area contributed by atoms with E-state index in [1.54, 1.807) is 0 Å². The summed E-state index contributed by atoms with van der Waals surface area (Å²) in [7, 11) is 0. The molecule has 21 heavy (non-hydrogen) atoms. The van der Waals surface area contributed by atoms with Crippen LogP contribution in [0.4, 0.5) is 11.4 Å². The minimum Gasteiger partial charge on any atom is -0.397 e. The Morgan fingerprint density at radius 1 is 1.48 bits per heavy atom. The van der Waals surface area contributed by atoms with Crippen molar-refractivity contribution in [2.24, 2.45) is 5.92 Å². The van der Waals surface area contributed by atoms with E-state index in [0.29, 0.717) is 12.5 Å². The highest BCUT2D eigenvalue weighted by Gasteiger charge is 2.20. The van der Waals surface area contributed by atoms with Crippen molar-refractivity contribution in [2.75, 3.05) is 23.8 Å². The minimum absolute atomic E-state index is 0.0171. The number of nitrogens with zero attached hydrogens (tertiary/aromatic N) is 1. The Morgan fingerprint density at radius 2 is 2.14 bits per heavy atom. The second kappa shape index (κ2) is 7.00. The second-order valence-electron chi connectivity index (χ2n) is 4.91. The fraction of sp³-hybridized carbons (Fsp3) is 0.462. The number of rotatable bonds is 4. The number of amides is 1. The van der Waals surface area contributed by atoms with Crippen LogP contribution in [0.5, 0.6) is 0 Å². The molecule has 1 amide bonds. The van der Waals surface area contributed by atoms with Gasteiger partial charge in [0.05, 0.1) is 21.2 Å². The molecule has 1 aromatic carbocycles. The van der Waals surface area contributed by atoms with Gasteiger partial charge in [0, 0.05) is 18.7 Å². The summed E-state index contributed by atoms with van der Waals surface area (Å²) in [4.78, 5) is 22.4. The Labute approximate surface area is 131 Å². The molecular formula is C13H16ClN3O3S. The van der Waals surface area contributed by atoms with E-state index in [9.17, 15) is 14.9 Å². The summed E-state index contributed by atoms with van der Waals surface area (Å²) in [6.07, 6.45) is 2.13. The van der Waals surface area contributed by atoms with Gasteiger partial charge in [-0.05, 0) is 30.3 Å². The van der Waals surface area contributed by atoms with Crippen LogP contribution in [-0.2, 0) is 0 Å². The number of non-ortho nitro benzene ring substituents is 1. The Balaban J connectivity index is 2.09. The number of thioether (sulfide) groups is 1. The molecule has 0 spiro atoms. The highest BCUT2D eigenvalue weighted by atomic mass is 35.5. The lowest BCUT2D eigenvalue weighted by Crippen LogP contribution is -2.31. The number of anilines is 1. The second-order valence-corrected chi connectivity index (χ2v) is 6.54. The van der Waals surface area contributed by atoms with Gasteiger partial charge in [-0.25, -0.2) is 0 Å². The largest absolute Gasteiger partial charge is 0.397 e. The van der Waals surface area contributed by atoms with Gasteiger partial charge in [0.25, 0.3) is 11.6 Å². The number of nitrogen functional groups attached to an aromatic ring is 1. The van der Waals surface area contributed by atoms with Crippen LogP contribution < -0.4 is 11.1 Å². The molecule has 1 aliphatic heterocycles. The van der Waals surface area contributed by atoms with Gasteiger partial charge in [-0.2, -0.15) is 11.8 Å². The highest BCUT2D eigenvalue weighted by Crippen LogP contribution is 2.29. The van der Waals surface area contributed by atoms with E-state index in [-0.39, 0.29) is 22.0 Å². The van der Waals surface area contributed by atoms with Crippen LogP contribution in [0.1, 0.15) is 23.2 Å². The molecule has 0 radical (unpaired) electrons. The van der Waals surface area contributed by atoms with Crippen molar-refractivity contribution in [2.45, 2.75) is 12.8 Å². The lowest BCUT2D eigenvalue weighted by molar-refractivity contribution is -0.384. The fourth-order valence-corrected chi connectivity index (χ4v) is 3.60. The third-order valence-corrected chi connectivity index (χ3v) is 4.82. The summed E-state index contributed by atoms with van der Waals surface area (Å²) in [6, 6.07) is 2.30. The third kappa shape index (κ3) is 4.01. The van der Waals surface area contributed by atoms with E-state index in [4.69, 9.17) is 17.3 Å². The van der Waals surface area contributed by atoms with Gasteiger partial charge < -0.3 is 11.1 Å². The molecule has 114 valence electrons. The van der Waals surface area contributed by atoms with Crippen LogP contribution in [0.25, 0.3) is 0 Å². The van der Waals surface area contributed by atoms with E-state index in [1.165, 1.54) is 0 Å². The summed E-state index contributed by atoms with van der Waals surface area (Å²) in [6.45, 7) is 0.555. The Kier molecular flexibility index (Phi) is 5.30. The van der Waals surface area contributed by atoms with Crippen molar-refractivity contribution in [1.29, 1.82) is 0 Å². The average Bonchev–Trinajstić information content (AvgIpc) is 2.48. The number of benzene rings is 1. The Bertz CT molecular complexity index is 562. The van der Waals surface area contributed by atoms with Crippen LogP contribution in [0, 0.1) is 16.0 Å². The van der Waals surface area contributed by atoms with Crippen LogP contribution in [0.15, 0.2) is 12.1 Å². The molecule has 1 aliphatic rings. The molecule has 0 aliphatic carbocycles. The van der Waals surface area contributed by atoms with Crippen molar-refractivity contribution in [3.8, 4) is 0 Å². The first-order valence-corrected chi connectivity index (χ1v) is 8.11. The first kappa shape index (κ1) is 15.9. The number of halogens is 1. The van der Waals surface area contributed by atoms with Gasteiger partial charge in [-0.15, -0.1) is 0 Å². The number of hydrogen-bond acceptors (Lipinski definition) is 5. The normalized spacial score (nSPS) is 15.7. The number of carbonyl (C=O) groups is 1. The summed E-state index contributed by atoms with van der Waals surface area (Å²) in [5, 5.41) is 13.6. The predicted molar refractivity (Wildman–Crippen MR) is 84.9 cm³/mol. The zero-order valence-electron chi connectivity index (χ0n) is 11.3. The minimum atomic E-state index is -0.597. The van der Waals surface area contributed by atoms with Gasteiger partial charge in [0.1, 0.15) is 0 Å². The summed E-state index contributed by atoms with van der Waals surface area (Å²) in [5.41, 5.74) is 5.62. The van der Waals surface area contributed by atoms with Crippen molar-refractivity contribution in [3.63, 3.8) is 0 Å². The standard InChI is InChI=1S/C13H16ClN3O3S/c14-11-6-9(17(19)20)5-10(12(11)15)13(18)16-7-8-1-3-21-4-2-8/h5-6,8H,1-4,7,15H2,(H,16,18).